The van der Waals surface area contributed by atoms with Crippen molar-refractivity contribution in [1.29, 1.82) is 0 Å². The molecule has 0 unspecified atom stereocenters. The van der Waals surface area contributed by atoms with Crippen LogP contribution in [0, 0.1) is 0 Å². The first-order valence-corrected chi connectivity index (χ1v) is 41.9. The zero-order chi connectivity index (χ0) is 83.3. The topological polar surface area (TPSA) is 129 Å². The van der Waals surface area contributed by atoms with E-state index in [0.29, 0.717) is 29.6 Å². The molecule has 5 aromatic heterocycles. The maximum absolute atomic E-state index is 4.95. The van der Waals surface area contributed by atoms with E-state index in [1.54, 1.807) is 0 Å². The third kappa shape index (κ3) is 18.2. The summed E-state index contributed by atoms with van der Waals surface area (Å²) in [5.41, 5.74) is 23.1. The first-order valence-electron chi connectivity index (χ1n) is 41.9. The maximum atomic E-state index is 4.95. The molecule has 0 saturated heterocycles. The minimum absolute atomic E-state index is 0.317. The molecule has 20 aromatic rings. The number of hydrogen-bond donors (Lipinski definition) is 0. The number of benzene rings is 15. The lowest BCUT2D eigenvalue weighted by atomic mass is 9.95. The largest absolute Gasteiger partial charge is 0.232 e. The molecule has 5 heterocycles. The molecule has 0 bridgehead atoms. The Labute approximate surface area is 709 Å². The van der Waals surface area contributed by atoms with Gasteiger partial charge in [0, 0.05) is 60.1 Å². The van der Waals surface area contributed by atoms with Crippen molar-refractivity contribution >= 4 is 76.1 Å². The predicted octanol–water partition coefficient (Wildman–Crippen LogP) is 29.4. The summed E-state index contributed by atoms with van der Waals surface area (Å²) in [6.07, 6.45) is 0. The third-order valence-corrected chi connectivity index (χ3v) is 21.6. The zero-order valence-electron chi connectivity index (χ0n) is 70.1. The van der Waals surface area contributed by atoms with Crippen LogP contribution in [0.25, 0.3) is 166 Å². The molecule has 0 spiro atoms. The van der Waals surface area contributed by atoms with Crippen molar-refractivity contribution in [3.05, 3.63) is 399 Å². The third-order valence-electron chi connectivity index (χ3n) is 21.6. The van der Waals surface area contributed by atoms with Crippen molar-refractivity contribution in [1.82, 2.24) is 49.8 Å². The molecule has 0 amide bonds. The molecule has 0 saturated carbocycles. The van der Waals surface area contributed by atoms with Gasteiger partial charge in [0.05, 0.1) is 56.1 Å². The Morgan fingerprint density at radius 1 is 0.165 bits per heavy atom. The second-order valence-electron chi connectivity index (χ2n) is 31.9. The van der Waals surface area contributed by atoms with E-state index in [4.69, 9.17) is 49.8 Å². The number of aromatic nitrogens is 10. The Kier molecular flexibility index (Phi) is 24.6. The van der Waals surface area contributed by atoms with Crippen molar-refractivity contribution in [2.24, 2.45) is 0 Å². The standard InChI is InChI=1S/3C23H20N2.2C21H18N2/c1-16(2)22-21-19(17-10-5-3-6-11-17)14-9-15-20(21)24-23(25-22)18-12-7-4-8-13-18;1-16(2)22-20-15-19(17-9-5-3-6-10-17)13-14-21(20)24-23(25-22)18-11-7-4-8-12-18;1-16(2)22-20-14-13-19(17-9-5-3-6-10-17)15-21(20)24-23(25-22)18-11-7-4-8-12-18;1-14(2)20-19-17-11-7-6-8-15(17)12-13-18(19)22-21(23-20)16-9-4-3-5-10-16;1-14(2)19-18-13-12-15-8-6-7-11-17(15)20(18)23-21(22-19)16-9-4-3-5-10-16/h3*3-16H,1-2H3;2*3-14H,1-2H3. The van der Waals surface area contributed by atoms with Crippen molar-refractivity contribution in [2.45, 2.75) is 98.8 Å². The molecule has 10 nitrogen and oxygen atoms in total. The van der Waals surface area contributed by atoms with E-state index in [1.807, 2.05) is 109 Å². The van der Waals surface area contributed by atoms with Gasteiger partial charge in [-0.1, -0.05) is 409 Å². The van der Waals surface area contributed by atoms with Gasteiger partial charge in [-0.05, 0) is 109 Å². The van der Waals surface area contributed by atoms with Crippen molar-refractivity contribution < 1.29 is 0 Å². The van der Waals surface area contributed by atoms with Crippen LogP contribution in [0.15, 0.2) is 370 Å². The first kappa shape index (κ1) is 80.3. The molecule has 20 rings (SSSR count). The Hall–Kier alpha value is -14.5. The van der Waals surface area contributed by atoms with Gasteiger partial charge >= 0.3 is 0 Å². The van der Waals surface area contributed by atoms with Crippen LogP contribution >= 0.6 is 0 Å². The van der Waals surface area contributed by atoms with Gasteiger partial charge in [0.15, 0.2) is 29.1 Å². The Balaban J connectivity index is 0.000000112. The highest BCUT2D eigenvalue weighted by Crippen LogP contribution is 2.39. The van der Waals surface area contributed by atoms with E-state index < -0.39 is 0 Å². The van der Waals surface area contributed by atoms with Crippen LogP contribution in [0.2, 0.25) is 0 Å². The van der Waals surface area contributed by atoms with E-state index in [9.17, 15) is 0 Å². The number of nitrogens with zero attached hydrogens (tertiary/aromatic N) is 10. The van der Waals surface area contributed by atoms with Crippen LogP contribution < -0.4 is 0 Å². The van der Waals surface area contributed by atoms with Crippen LogP contribution in [-0.4, -0.2) is 49.8 Å². The van der Waals surface area contributed by atoms with Crippen LogP contribution in [0.3, 0.4) is 0 Å². The second kappa shape index (κ2) is 37.0. The summed E-state index contributed by atoms with van der Waals surface area (Å²) in [6, 6.07) is 127. The summed E-state index contributed by atoms with van der Waals surface area (Å²) in [6.45, 7) is 21.9. The Bertz CT molecular complexity index is 6900. The molecular formula is C111H96N10. The fraction of sp³-hybridized carbons (Fsp3) is 0.135. The average Bonchev–Trinajstić information content (AvgIpc) is 0.766. The SMILES string of the molecule is CC(C)c1nc(-c2ccccc2)nc2c1ccc1ccccc12.CC(C)c1nc(-c2ccccc2)nc2cc(-c3ccccc3)ccc12.CC(C)c1nc(-c2ccccc2)nc2ccc(-c3ccccc3)cc12.CC(C)c1nc(-c2ccccc2)nc2ccc3ccccc3c12.CC(C)c1nc(-c2ccccc2)nc2cccc(-c3ccccc3)c12. The van der Waals surface area contributed by atoms with Gasteiger partial charge in [0.1, 0.15) is 0 Å². The van der Waals surface area contributed by atoms with E-state index >= 15 is 0 Å². The lowest BCUT2D eigenvalue weighted by molar-refractivity contribution is 0.831. The summed E-state index contributed by atoms with van der Waals surface area (Å²) >= 11 is 0. The summed E-state index contributed by atoms with van der Waals surface area (Å²) in [5.74, 6) is 5.67. The average molecular weight is 1570 g/mol. The molecule has 590 valence electrons. The molecule has 0 aliphatic heterocycles. The lowest BCUT2D eigenvalue weighted by Crippen LogP contribution is -2.01. The molecule has 0 N–H and O–H groups in total. The highest BCUT2D eigenvalue weighted by molar-refractivity contribution is 6.09. The zero-order valence-corrected chi connectivity index (χ0v) is 70.1. The molecule has 10 heteroatoms. The molecule has 121 heavy (non-hydrogen) atoms. The normalized spacial score (nSPS) is 11.3. The van der Waals surface area contributed by atoms with E-state index in [-0.39, 0.29) is 0 Å². The number of fused-ring (bicyclic) bond motifs is 9. The summed E-state index contributed by atoms with van der Waals surface area (Å²) in [5, 5.41) is 10.6. The highest BCUT2D eigenvalue weighted by Gasteiger charge is 2.21. The first-order chi connectivity index (χ1) is 59.2. The maximum Gasteiger partial charge on any atom is 0.160 e. The van der Waals surface area contributed by atoms with E-state index in [2.05, 4.69) is 330 Å². The quantitative estimate of drug-likeness (QED) is 0.103. The van der Waals surface area contributed by atoms with Crippen LogP contribution in [0.5, 0.6) is 0 Å². The highest BCUT2D eigenvalue weighted by atomic mass is 14.9. The molecular weight excluding hydrogens is 1470 g/mol. The number of hydrogen-bond acceptors (Lipinski definition) is 10. The van der Waals surface area contributed by atoms with Gasteiger partial charge in [-0.25, -0.2) is 49.8 Å². The van der Waals surface area contributed by atoms with E-state index in [1.165, 1.54) is 60.3 Å². The van der Waals surface area contributed by atoms with Gasteiger partial charge in [-0.15, -0.1) is 0 Å². The van der Waals surface area contributed by atoms with Crippen LogP contribution in [0.1, 0.15) is 127 Å². The molecule has 0 aliphatic carbocycles. The monoisotopic (exact) mass is 1570 g/mol. The summed E-state index contributed by atoms with van der Waals surface area (Å²) in [4.78, 5) is 48.8. The van der Waals surface area contributed by atoms with Gasteiger partial charge in [0.2, 0.25) is 0 Å². The second-order valence-corrected chi connectivity index (χ2v) is 31.9. The van der Waals surface area contributed by atoms with Crippen molar-refractivity contribution in [3.63, 3.8) is 0 Å². The molecule has 0 atom stereocenters. The minimum Gasteiger partial charge on any atom is -0.232 e. The minimum atomic E-state index is 0.317. The van der Waals surface area contributed by atoms with Crippen LogP contribution in [-0.2, 0) is 0 Å². The molecule has 0 radical (unpaired) electrons. The Morgan fingerprint density at radius 3 is 0.942 bits per heavy atom. The lowest BCUT2D eigenvalue weighted by Gasteiger charge is -2.15. The van der Waals surface area contributed by atoms with E-state index in [0.717, 1.165) is 135 Å². The van der Waals surface area contributed by atoms with Crippen molar-refractivity contribution in [2.75, 3.05) is 0 Å². The fourth-order valence-electron chi connectivity index (χ4n) is 15.6. The molecule has 0 aliphatic rings. The smallest absolute Gasteiger partial charge is 0.160 e. The number of rotatable bonds is 13. The predicted molar refractivity (Wildman–Crippen MR) is 507 cm³/mol. The molecule has 0 fully saturated rings. The molecule has 15 aromatic carbocycles. The fourth-order valence-corrected chi connectivity index (χ4v) is 15.6. The van der Waals surface area contributed by atoms with Gasteiger partial charge in [0.25, 0.3) is 0 Å². The van der Waals surface area contributed by atoms with Gasteiger partial charge < -0.3 is 0 Å². The van der Waals surface area contributed by atoms with Gasteiger partial charge in [-0.2, -0.15) is 0 Å². The summed E-state index contributed by atoms with van der Waals surface area (Å²) < 4.78 is 0. The van der Waals surface area contributed by atoms with Crippen molar-refractivity contribution in [3.8, 4) is 90.3 Å². The van der Waals surface area contributed by atoms with Gasteiger partial charge in [-0.3, -0.25) is 0 Å². The summed E-state index contributed by atoms with van der Waals surface area (Å²) in [7, 11) is 0. The van der Waals surface area contributed by atoms with Crippen LogP contribution in [0.4, 0.5) is 0 Å². The Morgan fingerprint density at radius 2 is 0.479 bits per heavy atom.